The third kappa shape index (κ3) is 3.43. The maximum Gasteiger partial charge on any atom is -0.00266 e. The summed E-state index contributed by atoms with van der Waals surface area (Å²) in [5, 5.41) is 5.48. The van der Waals surface area contributed by atoms with Crippen LogP contribution in [-0.2, 0) is 12.8 Å². The molecular weight excluding hydrogens is 348 g/mol. The Labute approximate surface area is 172 Å². The highest BCUT2D eigenvalue weighted by molar-refractivity contribution is 6.14. The van der Waals surface area contributed by atoms with Gasteiger partial charge in [0.05, 0.1) is 0 Å². The Bertz CT molecular complexity index is 1190. The largest absolute Gasteiger partial charge is 0.0622 e. The van der Waals surface area contributed by atoms with Crippen LogP contribution < -0.4 is 0 Å². The molecular formula is C29H24. The van der Waals surface area contributed by atoms with E-state index in [0.717, 1.165) is 19.3 Å². The maximum absolute atomic E-state index is 2.30. The summed E-state index contributed by atoms with van der Waals surface area (Å²) < 4.78 is 0. The summed E-state index contributed by atoms with van der Waals surface area (Å²) >= 11 is 0. The molecule has 0 heteroatoms. The van der Waals surface area contributed by atoms with Crippen molar-refractivity contribution in [1.29, 1.82) is 0 Å². The van der Waals surface area contributed by atoms with Gasteiger partial charge >= 0.3 is 0 Å². The van der Waals surface area contributed by atoms with Crippen LogP contribution in [-0.4, -0.2) is 0 Å². The first-order chi connectivity index (χ1) is 14.4. The zero-order valence-electron chi connectivity index (χ0n) is 16.5. The average molecular weight is 373 g/mol. The van der Waals surface area contributed by atoms with Crippen LogP contribution in [0.25, 0.3) is 32.7 Å². The van der Waals surface area contributed by atoms with Crippen LogP contribution in [0.5, 0.6) is 0 Å². The quantitative estimate of drug-likeness (QED) is 0.276. The van der Waals surface area contributed by atoms with Crippen molar-refractivity contribution in [3.63, 3.8) is 0 Å². The summed E-state index contributed by atoms with van der Waals surface area (Å²) in [5.74, 6) is 0. The normalized spacial score (nSPS) is 11.2. The smallest absolute Gasteiger partial charge is 0.00266 e. The molecule has 0 amide bonds. The molecule has 0 spiro atoms. The van der Waals surface area contributed by atoms with Crippen molar-refractivity contribution in [3.05, 3.63) is 120 Å². The third-order valence-corrected chi connectivity index (χ3v) is 5.84. The van der Waals surface area contributed by atoms with Crippen molar-refractivity contribution >= 4 is 21.5 Å². The van der Waals surface area contributed by atoms with Gasteiger partial charge in [0.15, 0.2) is 0 Å². The van der Waals surface area contributed by atoms with E-state index < -0.39 is 0 Å². The van der Waals surface area contributed by atoms with E-state index in [-0.39, 0.29) is 0 Å². The van der Waals surface area contributed by atoms with Gasteiger partial charge in [-0.3, -0.25) is 0 Å². The van der Waals surface area contributed by atoms with Gasteiger partial charge in [-0.15, -0.1) is 0 Å². The SMILES string of the molecule is c1ccc(CCCc2c3ccccc3c(-c3ccccc3)c3ccccc23)cc1. The maximum atomic E-state index is 2.30. The molecule has 0 bridgehead atoms. The molecule has 0 N–H and O–H groups in total. The minimum atomic E-state index is 1.09. The average Bonchev–Trinajstić information content (AvgIpc) is 2.80. The summed E-state index contributed by atoms with van der Waals surface area (Å²) in [7, 11) is 0. The fourth-order valence-electron chi connectivity index (χ4n) is 4.52. The monoisotopic (exact) mass is 372 g/mol. The second-order valence-corrected chi connectivity index (χ2v) is 7.65. The molecule has 0 aliphatic carbocycles. The highest BCUT2D eigenvalue weighted by Crippen LogP contribution is 2.39. The first-order valence-corrected chi connectivity index (χ1v) is 10.4. The van der Waals surface area contributed by atoms with Crippen molar-refractivity contribution in [1.82, 2.24) is 0 Å². The Balaban J connectivity index is 1.66. The van der Waals surface area contributed by atoms with E-state index in [4.69, 9.17) is 0 Å². The van der Waals surface area contributed by atoms with Gasteiger partial charge in [-0.05, 0) is 63.1 Å². The second-order valence-electron chi connectivity index (χ2n) is 7.65. The predicted octanol–water partition coefficient (Wildman–Crippen LogP) is 7.84. The van der Waals surface area contributed by atoms with Crippen LogP contribution >= 0.6 is 0 Å². The van der Waals surface area contributed by atoms with Gasteiger partial charge in [0.2, 0.25) is 0 Å². The lowest BCUT2D eigenvalue weighted by atomic mass is 9.86. The van der Waals surface area contributed by atoms with Crippen molar-refractivity contribution in [2.45, 2.75) is 19.3 Å². The topological polar surface area (TPSA) is 0 Å². The second kappa shape index (κ2) is 7.93. The highest BCUT2D eigenvalue weighted by atomic mass is 14.2. The zero-order chi connectivity index (χ0) is 19.5. The summed E-state index contributed by atoms with van der Waals surface area (Å²) in [6, 6.07) is 39.5. The first kappa shape index (κ1) is 17.7. The Morgan fingerprint density at radius 1 is 0.414 bits per heavy atom. The number of hydrogen-bond acceptors (Lipinski definition) is 0. The molecule has 0 saturated heterocycles. The highest BCUT2D eigenvalue weighted by Gasteiger charge is 2.14. The molecule has 0 aromatic heterocycles. The molecule has 5 rings (SSSR count). The van der Waals surface area contributed by atoms with Crippen LogP contribution in [0.4, 0.5) is 0 Å². The van der Waals surface area contributed by atoms with Crippen LogP contribution in [0.15, 0.2) is 109 Å². The van der Waals surface area contributed by atoms with Crippen LogP contribution in [0, 0.1) is 0 Å². The number of hydrogen-bond donors (Lipinski definition) is 0. The van der Waals surface area contributed by atoms with E-state index in [1.807, 2.05) is 0 Å². The summed E-state index contributed by atoms with van der Waals surface area (Å²) in [5.41, 5.74) is 5.54. The number of aryl methyl sites for hydroxylation is 2. The molecule has 0 nitrogen and oxygen atoms in total. The molecule has 5 aromatic carbocycles. The molecule has 0 unspecified atom stereocenters. The Hall–Kier alpha value is -3.38. The van der Waals surface area contributed by atoms with Gasteiger partial charge < -0.3 is 0 Å². The molecule has 0 radical (unpaired) electrons. The number of fused-ring (bicyclic) bond motifs is 2. The van der Waals surface area contributed by atoms with Crippen molar-refractivity contribution < 1.29 is 0 Å². The molecule has 0 saturated carbocycles. The van der Waals surface area contributed by atoms with E-state index in [9.17, 15) is 0 Å². The molecule has 29 heavy (non-hydrogen) atoms. The van der Waals surface area contributed by atoms with Crippen LogP contribution in [0.3, 0.4) is 0 Å². The van der Waals surface area contributed by atoms with Crippen molar-refractivity contribution in [2.24, 2.45) is 0 Å². The van der Waals surface area contributed by atoms with E-state index in [1.54, 1.807) is 0 Å². The lowest BCUT2D eigenvalue weighted by Crippen LogP contribution is -1.95. The Kier molecular flexibility index (Phi) is 4.84. The van der Waals surface area contributed by atoms with Crippen LogP contribution in [0.1, 0.15) is 17.5 Å². The van der Waals surface area contributed by atoms with E-state index in [2.05, 4.69) is 109 Å². The van der Waals surface area contributed by atoms with Crippen molar-refractivity contribution in [2.75, 3.05) is 0 Å². The van der Waals surface area contributed by atoms with E-state index >= 15 is 0 Å². The number of rotatable bonds is 5. The van der Waals surface area contributed by atoms with Gasteiger partial charge in [0, 0.05) is 0 Å². The summed E-state index contributed by atoms with van der Waals surface area (Å²) in [6.07, 6.45) is 3.36. The fraction of sp³-hybridized carbons (Fsp3) is 0.103. The molecule has 0 atom stereocenters. The lowest BCUT2D eigenvalue weighted by molar-refractivity contribution is 0.829. The minimum absolute atomic E-state index is 1.09. The third-order valence-electron chi connectivity index (χ3n) is 5.84. The van der Waals surface area contributed by atoms with Gasteiger partial charge in [-0.2, -0.15) is 0 Å². The van der Waals surface area contributed by atoms with E-state index in [1.165, 1.54) is 43.8 Å². The lowest BCUT2D eigenvalue weighted by Gasteiger charge is -2.17. The van der Waals surface area contributed by atoms with Crippen molar-refractivity contribution in [3.8, 4) is 11.1 Å². The summed E-state index contributed by atoms with van der Waals surface area (Å²) in [4.78, 5) is 0. The van der Waals surface area contributed by atoms with Crippen LogP contribution in [0.2, 0.25) is 0 Å². The van der Waals surface area contributed by atoms with Gasteiger partial charge in [-0.1, -0.05) is 109 Å². The Morgan fingerprint density at radius 3 is 1.48 bits per heavy atom. The molecule has 5 aromatic rings. The molecule has 140 valence electrons. The standard InChI is InChI=1S/C29H24/c1-3-12-22(13-4-1)14-11-21-24-25-17-7-9-19-27(25)29(23-15-5-2-6-16-23)28-20-10-8-18-26(24)28/h1-10,12-13,15-20H,11,14,21H2. The fourth-order valence-corrected chi connectivity index (χ4v) is 4.52. The first-order valence-electron chi connectivity index (χ1n) is 10.4. The van der Waals surface area contributed by atoms with Gasteiger partial charge in [0.25, 0.3) is 0 Å². The molecule has 0 aliphatic heterocycles. The molecule has 0 heterocycles. The molecule has 0 fully saturated rings. The predicted molar refractivity (Wildman–Crippen MR) is 125 cm³/mol. The van der Waals surface area contributed by atoms with Gasteiger partial charge in [-0.25, -0.2) is 0 Å². The molecule has 0 aliphatic rings. The minimum Gasteiger partial charge on any atom is -0.0622 e. The zero-order valence-corrected chi connectivity index (χ0v) is 16.5. The number of benzene rings is 5. The Morgan fingerprint density at radius 2 is 0.897 bits per heavy atom. The summed E-state index contributed by atoms with van der Waals surface area (Å²) in [6.45, 7) is 0. The van der Waals surface area contributed by atoms with E-state index in [0.29, 0.717) is 0 Å². The van der Waals surface area contributed by atoms with Gasteiger partial charge in [0.1, 0.15) is 0 Å².